The van der Waals surface area contributed by atoms with E-state index in [0.29, 0.717) is 29.6 Å². The van der Waals surface area contributed by atoms with Crippen LogP contribution in [-0.2, 0) is 13.0 Å². The molecule has 2 bridgehead atoms. The fourth-order valence-electron chi connectivity index (χ4n) is 6.53. The van der Waals surface area contributed by atoms with Crippen molar-refractivity contribution >= 4 is 22.7 Å². The van der Waals surface area contributed by atoms with Gasteiger partial charge in [0.1, 0.15) is 17.8 Å². The number of likely N-dealkylation sites (N-methyl/N-ethyl adjacent to an activating group) is 1. The fraction of sp³-hybridized carbons (Fsp3) is 0.464. The van der Waals surface area contributed by atoms with E-state index in [0.717, 1.165) is 57.7 Å². The minimum Gasteiger partial charge on any atom is -0.497 e. The average Bonchev–Trinajstić information content (AvgIpc) is 3.41. The van der Waals surface area contributed by atoms with Gasteiger partial charge in [-0.15, -0.1) is 0 Å². The van der Waals surface area contributed by atoms with Crippen LogP contribution in [0.1, 0.15) is 42.5 Å². The number of benzene rings is 1. The molecule has 0 aliphatic carbocycles. The summed E-state index contributed by atoms with van der Waals surface area (Å²) < 4.78 is 12.1. The molecule has 8 heteroatoms. The van der Waals surface area contributed by atoms with Crippen molar-refractivity contribution in [3.63, 3.8) is 0 Å². The van der Waals surface area contributed by atoms with Crippen molar-refractivity contribution in [2.75, 3.05) is 26.6 Å². The predicted octanol–water partition coefficient (Wildman–Crippen LogP) is 4.42. The molecule has 0 saturated carbocycles. The van der Waals surface area contributed by atoms with Crippen LogP contribution in [0.15, 0.2) is 41.6 Å². The van der Waals surface area contributed by atoms with Crippen LogP contribution < -0.4 is 14.8 Å². The summed E-state index contributed by atoms with van der Waals surface area (Å²) >= 11 is 1.74. The number of methoxy groups -OCH3 is 1. The van der Waals surface area contributed by atoms with Crippen LogP contribution in [0.5, 0.6) is 11.5 Å². The Morgan fingerprint density at radius 1 is 1.19 bits per heavy atom. The maximum absolute atomic E-state index is 9.81. The largest absolute Gasteiger partial charge is 0.497 e. The predicted molar refractivity (Wildman–Crippen MR) is 140 cm³/mol. The molecule has 36 heavy (non-hydrogen) atoms. The standard InChI is InChI=1S/C28H32N5O2S/c1-33(8-7-24-18(13-29)14-32-26-6-5-23(34-2)12-25(24)26)21-3-4-22(33)10-19(9-21)30-15-20-11-28-27(16-31-20)35-17-36-28/h5-6,11-12,14,16,19,21-22,30H,3-4,7-10,15,17H2,1-2H3/q+1. The Balaban J connectivity index is 1.15. The zero-order valence-corrected chi connectivity index (χ0v) is 21.7. The molecule has 2 saturated heterocycles. The summed E-state index contributed by atoms with van der Waals surface area (Å²) in [4.78, 5) is 10.3. The summed E-state index contributed by atoms with van der Waals surface area (Å²) in [5.41, 5.74) is 3.79. The van der Waals surface area contributed by atoms with Crippen LogP contribution in [-0.4, -0.2) is 59.2 Å². The lowest BCUT2D eigenvalue weighted by molar-refractivity contribution is -0.948. The summed E-state index contributed by atoms with van der Waals surface area (Å²) in [6.07, 6.45) is 9.39. The van der Waals surface area contributed by atoms with Crippen LogP contribution in [0.25, 0.3) is 10.9 Å². The third-order valence-corrected chi connectivity index (χ3v) is 9.52. The van der Waals surface area contributed by atoms with Crippen LogP contribution in [0.2, 0.25) is 0 Å². The quantitative estimate of drug-likeness (QED) is 0.479. The van der Waals surface area contributed by atoms with E-state index in [2.05, 4.69) is 34.5 Å². The van der Waals surface area contributed by atoms with E-state index >= 15 is 0 Å². The van der Waals surface area contributed by atoms with Crippen LogP contribution in [0.4, 0.5) is 0 Å². The van der Waals surface area contributed by atoms with E-state index < -0.39 is 0 Å². The van der Waals surface area contributed by atoms with Crippen molar-refractivity contribution in [1.82, 2.24) is 15.3 Å². The number of nitriles is 1. The van der Waals surface area contributed by atoms with Gasteiger partial charge in [-0.05, 0) is 29.8 Å². The first kappa shape index (κ1) is 23.5. The Labute approximate surface area is 216 Å². The molecule has 0 amide bonds. The van der Waals surface area contributed by atoms with Gasteiger partial charge >= 0.3 is 0 Å². The number of rotatable bonds is 7. The molecule has 0 spiro atoms. The Hall–Kier alpha value is -2.86. The number of aromatic nitrogens is 2. The highest BCUT2D eigenvalue weighted by Gasteiger charge is 2.51. The Morgan fingerprint density at radius 2 is 2.03 bits per heavy atom. The van der Waals surface area contributed by atoms with Crippen molar-refractivity contribution in [3.05, 3.63) is 53.5 Å². The van der Waals surface area contributed by atoms with Gasteiger partial charge in [-0.25, -0.2) is 0 Å². The average molecular weight is 503 g/mol. The summed E-state index contributed by atoms with van der Waals surface area (Å²) in [6.45, 7) is 1.84. The Kier molecular flexibility index (Phi) is 6.24. The van der Waals surface area contributed by atoms with E-state index in [-0.39, 0.29) is 0 Å². The number of nitrogens with one attached hydrogen (secondary N) is 1. The van der Waals surface area contributed by atoms with Crippen molar-refractivity contribution < 1.29 is 14.0 Å². The molecule has 3 aliphatic rings. The monoisotopic (exact) mass is 502 g/mol. The fourth-order valence-corrected chi connectivity index (χ4v) is 7.32. The molecule has 2 aromatic heterocycles. The third kappa shape index (κ3) is 4.19. The van der Waals surface area contributed by atoms with Crippen molar-refractivity contribution in [2.45, 2.75) is 61.7 Å². The molecule has 6 rings (SSSR count). The molecule has 3 aliphatic heterocycles. The molecule has 1 aromatic carbocycles. The van der Waals surface area contributed by atoms with E-state index in [1.54, 1.807) is 25.1 Å². The second-order valence-corrected chi connectivity index (χ2v) is 11.4. The van der Waals surface area contributed by atoms with Gasteiger partial charge in [0.05, 0.1) is 60.7 Å². The van der Waals surface area contributed by atoms with E-state index in [9.17, 15) is 5.26 Å². The van der Waals surface area contributed by atoms with Gasteiger partial charge < -0.3 is 19.3 Å². The number of pyridine rings is 2. The summed E-state index contributed by atoms with van der Waals surface area (Å²) in [7, 11) is 4.12. The van der Waals surface area contributed by atoms with Crippen LogP contribution in [0.3, 0.4) is 0 Å². The lowest BCUT2D eigenvalue weighted by Crippen LogP contribution is -2.61. The van der Waals surface area contributed by atoms with E-state index in [4.69, 9.17) is 9.47 Å². The smallest absolute Gasteiger partial charge is 0.152 e. The molecule has 0 radical (unpaired) electrons. The number of piperidine rings is 1. The molecule has 2 unspecified atom stereocenters. The minimum atomic E-state index is 0.522. The number of ether oxygens (including phenoxy) is 2. The molecule has 1 N–H and O–H groups in total. The highest BCUT2D eigenvalue weighted by atomic mass is 32.2. The molecule has 7 nitrogen and oxygen atoms in total. The third-order valence-electron chi connectivity index (χ3n) is 8.65. The second kappa shape index (κ2) is 9.55. The SMILES string of the molecule is COc1ccc2ncc(C#N)c(CC[N+]3(C)C4CCC3CC(NCc3cc5c(cn3)OCS5)C4)c2c1. The van der Waals surface area contributed by atoms with Gasteiger partial charge in [0.2, 0.25) is 0 Å². The first-order chi connectivity index (χ1) is 17.6. The second-order valence-electron chi connectivity index (χ2n) is 10.4. The number of thioether (sulfide) groups is 1. The van der Waals surface area contributed by atoms with Crippen molar-refractivity contribution in [1.29, 1.82) is 5.26 Å². The molecule has 5 heterocycles. The topological polar surface area (TPSA) is 80.1 Å². The highest BCUT2D eigenvalue weighted by molar-refractivity contribution is 7.99. The lowest BCUT2D eigenvalue weighted by atomic mass is 9.92. The van der Waals surface area contributed by atoms with Gasteiger partial charge in [-0.1, -0.05) is 11.8 Å². The van der Waals surface area contributed by atoms with Crippen molar-refractivity contribution in [3.8, 4) is 17.6 Å². The molecular formula is C28H32N5O2S+. The molecular weight excluding hydrogens is 470 g/mol. The Bertz CT molecular complexity index is 1330. The normalized spacial score (nSPS) is 26.4. The minimum absolute atomic E-state index is 0.522. The number of quaternary nitrogens is 1. The zero-order chi connectivity index (χ0) is 24.7. The first-order valence-electron chi connectivity index (χ1n) is 12.8. The van der Waals surface area contributed by atoms with Crippen molar-refractivity contribution in [2.24, 2.45) is 0 Å². The molecule has 2 atom stereocenters. The van der Waals surface area contributed by atoms with Gasteiger partial charge in [0.15, 0.2) is 5.75 Å². The zero-order valence-electron chi connectivity index (χ0n) is 20.9. The molecule has 2 fully saturated rings. The number of fused-ring (bicyclic) bond motifs is 4. The highest BCUT2D eigenvalue weighted by Crippen LogP contribution is 2.42. The van der Waals surface area contributed by atoms with Gasteiger partial charge in [0, 0.05) is 56.3 Å². The lowest BCUT2D eigenvalue weighted by Gasteiger charge is -2.47. The Morgan fingerprint density at radius 3 is 2.81 bits per heavy atom. The van der Waals surface area contributed by atoms with Gasteiger partial charge in [-0.3, -0.25) is 9.97 Å². The van der Waals surface area contributed by atoms with E-state index in [1.165, 1.54) is 30.6 Å². The van der Waals surface area contributed by atoms with Crippen LogP contribution in [0, 0.1) is 11.3 Å². The summed E-state index contributed by atoms with van der Waals surface area (Å²) in [6, 6.07) is 12.3. The summed E-state index contributed by atoms with van der Waals surface area (Å²) in [5, 5.41) is 14.7. The van der Waals surface area contributed by atoms with E-state index in [1.807, 2.05) is 24.4 Å². The first-order valence-corrected chi connectivity index (χ1v) is 13.7. The number of hydrogen-bond acceptors (Lipinski definition) is 7. The molecule has 3 aromatic rings. The number of hydrogen-bond donors (Lipinski definition) is 1. The summed E-state index contributed by atoms with van der Waals surface area (Å²) in [5.74, 6) is 2.40. The number of nitrogens with zero attached hydrogens (tertiary/aromatic N) is 4. The van der Waals surface area contributed by atoms with Crippen LogP contribution >= 0.6 is 11.8 Å². The maximum atomic E-state index is 9.81. The molecule has 186 valence electrons. The van der Waals surface area contributed by atoms with Gasteiger partial charge in [-0.2, -0.15) is 5.26 Å². The van der Waals surface area contributed by atoms with Gasteiger partial charge in [0.25, 0.3) is 0 Å². The maximum Gasteiger partial charge on any atom is 0.152 e.